The fraction of sp³-hybridized carbons (Fsp3) is 0.208. The Hall–Kier alpha value is -3.83. The maximum absolute atomic E-state index is 11.4. The number of rotatable bonds is 7. The Balaban J connectivity index is 0.000000222. The van der Waals surface area contributed by atoms with E-state index in [-0.39, 0.29) is 22.0 Å². The van der Waals surface area contributed by atoms with Crippen LogP contribution >= 0.6 is 0 Å². The molecule has 0 saturated heterocycles. The summed E-state index contributed by atoms with van der Waals surface area (Å²) in [6, 6.07) is 13.5. The number of hydrogen-bond acceptors (Lipinski definition) is 10. The molecule has 1 amide bonds. The molecule has 0 saturated carbocycles. The van der Waals surface area contributed by atoms with E-state index in [0.717, 1.165) is 17.0 Å². The molecule has 0 aliphatic carbocycles. The molecule has 0 radical (unpaired) electrons. The fourth-order valence-corrected chi connectivity index (χ4v) is 4.76. The summed E-state index contributed by atoms with van der Waals surface area (Å²) in [4.78, 5) is 28.0. The molecule has 1 atom stereocenters. The first-order chi connectivity index (χ1) is 17.6. The van der Waals surface area contributed by atoms with Crippen molar-refractivity contribution in [3.63, 3.8) is 0 Å². The number of para-hydroxylation sites is 1. The van der Waals surface area contributed by atoms with Crippen LogP contribution in [-0.2, 0) is 12.4 Å². The zero-order chi connectivity index (χ0) is 27.0. The van der Waals surface area contributed by atoms with E-state index in [4.69, 9.17) is 14.7 Å². The number of methoxy groups -OCH3 is 1. The summed E-state index contributed by atoms with van der Waals surface area (Å²) in [5.74, 6) is 0.864. The average Bonchev–Trinajstić information content (AvgIpc) is 2.89. The summed E-state index contributed by atoms with van der Waals surface area (Å²) in [6.07, 6.45) is 3.13. The molecule has 4 aromatic rings. The molecule has 0 aliphatic heterocycles. The van der Waals surface area contributed by atoms with Crippen molar-refractivity contribution in [2.75, 3.05) is 12.4 Å². The van der Waals surface area contributed by atoms with Gasteiger partial charge in [0.25, 0.3) is 0 Å². The van der Waals surface area contributed by atoms with Gasteiger partial charge in [0.05, 0.1) is 25.1 Å². The molecule has 2 heterocycles. The van der Waals surface area contributed by atoms with Crippen molar-refractivity contribution >= 4 is 41.3 Å². The molecular formula is C24H26AsN5O7. The van der Waals surface area contributed by atoms with Crippen LogP contribution in [0.15, 0.2) is 61.1 Å². The van der Waals surface area contributed by atoms with Gasteiger partial charge in [-0.05, 0) is 38.1 Å². The number of nitrogens with zero attached hydrogens (tertiary/aromatic N) is 4. The van der Waals surface area contributed by atoms with E-state index in [1.165, 1.54) is 31.5 Å². The third-order valence-electron chi connectivity index (χ3n) is 4.67. The predicted molar refractivity (Wildman–Crippen MR) is 136 cm³/mol. The van der Waals surface area contributed by atoms with Crippen molar-refractivity contribution in [1.82, 2.24) is 19.9 Å². The van der Waals surface area contributed by atoms with E-state index in [2.05, 4.69) is 29.1 Å². The quantitative estimate of drug-likeness (QED) is 0.170. The number of nitrogens with one attached hydrogen (secondary N) is 1. The molecular weight excluding hydrogens is 545 g/mol. The van der Waals surface area contributed by atoms with Crippen molar-refractivity contribution in [2.24, 2.45) is 0 Å². The van der Waals surface area contributed by atoms with Gasteiger partial charge >= 0.3 is 88.4 Å². The standard InChI is InChI=1S/C16H16N4O2.C8H10AsNO5/c1-10(2)22-16-14-15(18-9-19-16)17-8-13(20-14)11-4-6-12(21-3)7-5-11;1-6(11)10-8-5-3-2-4-7(8)9(12,13)15-14/h4-10H,1-3H3;2-5,14H,1H3,(H,10,11)(H,12,13). The van der Waals surface area contributed by atoms with Crippen molar-refractivity contribution in [3.8, 4) is 22.9 Å². The van der Waals surface area contributed by atoms with E-state index in [9.17, 15) is 12.6 Å². The first kappa shape index (κ1) is 27.8. The van der Waals surface area contributed by atoms with E-state index >= 15 is 0 Å². The summed E-state index contributed by atoms with van der Waals surface area (Å²) >= 11 is -4.92. The summed E-state index contributed by atoms with van der Waals surface area (Å²) in [6.45, 7) is 5.15. The van der Waals surface area contributed by atoms with Crippen molar-refractivity contribution in [3.05, 3.63) is 61.1 Å². The maximum atomic E-state index is 11.4. The minimum Gasteiger partial charge on any atom is -0.497 e. The van der Waals surface area contributed by atoms with E-state index < -0.39 is 14.2 Å². The molecule has 37 heavy (non-hydrogen) atoms. The van der Waals surface area contributed by atoms with Crippen LogP contribution in [0.4, 0.5) is 5.69 Å². The second-order valence-electron chi connectivity index (χ2n) is 7.80. The molecule has 2 aromatic carbocycles. The van der Waals surface area contributed by atoms with E-state index in [1.54, 1.807) is 19.4 Å². The number of fused-ring (bicyclic) bond motifs is 1. The Bertz CT molecular complexity index is 1420. The molecule has 3 N–H and O–H groups in total. The number of anilines is 1. The van der Waals surface area contributed by atoms with Crippen molar-refractivity contribution in [1.29, 1.82) is 0 Å². The third-order valence-corrected chi connectivity index (χ3v) is 7.23. The van der Waals surface area contributed by atoms with Gasteiger partial charge < -0.3 is 9.47 Å². The number of hydrogen-bond donors (Lipinski definition) is 3. The number of carbonyl (C=O) groups excluding carboxylic acids is 1. The number of ether oxygens (including phenoxy) is 2. The molecule has 1 unspecified atom stereocenters. The van der Waals surface area contributed by atoms with Gasteiger partial charge in [-0.25, -0.2) is 15.0 Å². The van der Waals surface area contributed by atoms with Crippen LogP contribution in [0, 0.1) is 0 Å². The Morgan fingerprint density at radius 3 is 2.38 bits per heavy atom. The topological polar surface area (TPSA) is 166 Å². The van der Waals surface area contributed by atoms with E-state index in [0.29, 0.717) is 17.0 Å². The van der Waals surface area contributed by atoms with Crippen LogP contribution in [0.25, 0.3) is 22.4 Å². The molecule has 4 rings (SSSR count). The molecule has 0 aliphatic rings. The number of carbonyl (C=O) groups is 1. The van der Waals surface area contributed by atoms with Crippen molar-refractivity contribution in [2.45, 2.75) is 26.9 Å². The fourth-order valence-electron chi connectivity index (χ4n) is 3.09. The van der Waals surface area contributed by atoms with Gasteiger partial charge in [0.2, 0.25) is 5.88 Å². The smallest absolute Gasteiger partial charge is 0.245 e. The Kier molecular flexibility index (Phi) is 9.31. The zero-order valence-corrected chi connectivity index (χ0v) is 22.4. The average molecular weight is 571 g/mol. The Labute approximate surface area is 215 Å². The van der Waals surface area contributed by atoms with Gasteiger partial charge in [-0.1, -0.05) is 0 Å². The molecule has 0 bridgehead atoms. The molecule has 0 fully saturated rings. The predicted octanol–water partition coefficient (Wildman–Crippen LogP) is 2.59. The van der Waals surface area contributed by atoms with Gasteiger partial charge in [-0.15, -0.1) is 0 Å². The minimum atomic E-state index is -4.92. The molecule has 194 valence electrons. The Morgan fingerprint density at radius 2 is 1.76 bits per heavy atom. The van der Waals surface area contributed by atoms with E-state index in [1.807, 2.05) is 38.1 Å². The summed E-state index contributed by atoms with van der Waals surface area (Å²) in [5, 5.41) is 10.7. The first-order valence-electron chi connectivity index (χ1n) is 11.0. The largest absolute Gasteiger partial charge is 0.497 e. The second-order valence-corrected chi connectivity index (χ2v) is 11.3. The van der Waals surface area contributed by atoms with Crippen LogP contribution in [0.3, 0.4) is 0 Å². The normalized spacial score (nSPS) is 12.3. The summed E-state index contributed by atoms with van der Waals surface area (Å²) in [7, 11) is 1.64. The minimum absolute atomic E-state index is 0.00421. The van der Waals surface area contributed by atoms with Gasteiger partial charge in [0.1, 0.15) is 12.1 Å². The van der Waals surface area contributed by atoms with Crippen LogP contribution in [-0.4, -0.2) is 62.6 Å². The summed E-state index contributed by atoms with van der Waals surface area (Å²) in [5.41, 5.74) is 2.91. The van der Waals surface area contributed by atoms with Gasteiger partial charge in [0.15, 0.2) is 11.2 Å². The van der Waals surface area contributed by atoms with Crippen LogP contribution in [0.5, 0.6) is 11.6 Å². The number of aromatic nitrogens is 4. The molecule has 0 spiro atoms. The Morgan fingerprint density at radius 1 is 1.05 bits per heavy atom. The maximum Gasteiger partial charge on any atom is 0.245 e. The summed E-state index contributed by atoms with van der Waals surface area (Å²) < 4.78 is 35.0. The number of amides is 1. The molecule has 13 heteroatoms. The first-order valence-corrected chi connectivity index (χ1v) is 14.3. The zero-order valence-electron chi connectivity index (χ0n) is 20.5. The van der Waals surface area contributed by atoms with Crippen LogP contribution < -0.4 is 19.1 Å². The third kappa shape index (κ3) is 7.34. The van der Waals surface area contributed by atoms with Gasteiger partial charge in [0, 0.05) is 5.56 Å². The molecule has 2 aromatic heterocycles. The van der Waals surface area contributed by atoms with Gasteiger partial charge in [-0.3, -0.25) is 0 Å². The van der Waals surface area contributed by atoms with Gasteiger partial charge in [-0.2, -0.15) is 4.98 Å². The number of benzene rings is 2. The monoisotopic (exact) mass is 571 g/mol. The molecule has 12 nitrogen and oxygen atoms in total. The van der Waals surface area contributed by atoms with Crippen molar-refractivity contribution < 1.29 is 31.2 Å². The van der Waals surface area contributed by atoms with Crippen LogP contribution in [0.2, 0.25) is 0 Å². The SMILES string of the molecule is CC(=O)Nc1ccccc1[As](=O)(O)OO.COc1ccc(-c2cnc3ncnc(OC(C)C)c3n2)cc1. The van der Waals surface area contributed by atoms with Crippen LogP contribution in [0.1, 0.15) is 20.8 Å². The second kappa shape index (κ2) is 12.4.